The molecule has 2 N–H and O–H groups in total. The topological polar surface area (TPSA) is 101 Å². The van der Waals surface area contributed by atoms with E-state index in [0.29, 0.717) is 35.8 Å². The molecule has 0 unspecified atom stereocenters. The molecule has 8 nitrogen and oxygen atoms in total. The van der Waals surface area contributed by atoms with Crippen LogP contribution in [0.25, 0.3) is 0 Å². The molecule has 30 heavy (non-hydrogen) atoms. The van der Waals surface area contributed by atoms with Gasteiger partial charge in [0.15, 0.2) is 10.9 Å². The summed E-state index contributed by atoms with van der Waals surface area (Å²) in [7, 11) is 0. The summed E-state index contributed by atoms with van der Waals surface area (Å²) in [5, 5.41) is 6.27. The highest BCUT2D eigenvalue weighted by Crippen LogP contribution is 2.34. The molecule has 4 rings (SSSR count). The van der Waals surface area contributed by atoms with E-state index in [4.69, 9.17) is 4.74 Å². The molecule has 0 saturated carbocycles. The van der Waals surface area contributed by atoms with E-state index in [1.54, 1.807) is 30.0 Å². The molecule has 2 atom stereocenters. The summed E-state index contributed by atoms with van der Waals surface area (Å²) in [6.07, 6.45) is 0.920. The number of benzene rings is 1. The van der Waals surface area contributed by atoms with Crippen molar-refractivity contribution >= 4 is 34.2 Å². The van der Waals surface area contributed by atoms with E-state index in [0.717, 1.165) is 10.6 Å². The number of aromatic nitrogens is 1. The number of hydrogen-bond donors (Lipinski definition) is 2. The number of aryl methyl sites for hydroxylation is 2. The van der Waals surface area contributed by atoms with Crippen LogP contribution in [0.5, 0.6) is 5.75 Å². The lowest BCUT2D eigenvalue weighted by atomic mass is 10.0. The van der Waals surface area contributed by atoms with Crippen molar-refractivity contribution in [1.82, 2.24) is 15.2 Å². The van der Waals surface area contributed by atoms with Gasteiger partial charge in [-0.15, -0.1) is 11.3 Å². The number of carbonyl (C=O) groups excluding carboxylic acids is 3. The predicted octanol–water partition coefficient (Wildman–Crippen LogP) is 2.62. The lowest BCUT2D eigenvalue weighted by Crippen LogP contribution is -2.56. The van der Waals surface area contributed by atoms with Crippen LogP contribution in [0.1, 0.15) is 47.1 Å². The number of ether oxygens (including phenoxy) is 1. The van der Waals surface area contributed by atoms with Gasteiger partial charge in [-0.2, -0.15) is 0 Å². The Kier molecular flexibility index (Phi) is 5.23. The normalized spacial score (nSPS) is 22.0. The van der Waals surface area contributed by atoms with E-state index >= 15 is 0 Å². The number of nitrogens with one attached hydrogen (secondary N) is 2. The maximum Gasteiger partial charge on any atom is 0.258 e. The van der Waals surface area contributed by atoms with Crippen LogP contribution in [-0.2, 0) is 9.59 Å². The second kappa shape index (κ2) is 7.71. The van der Waals surface area contributed by atoms with E-state index in [9.17, 15) is 14.4 Å². The molecule has 0 bridgehead atoms. The molecule has 3 amide bonds. The number of hydrogen-bond acceptors (Lipinski definition) is 6. The van der Waals surface area contributed by atoms with Crippen LogP contribution in [0.3, 0.4) is 0 Å². The van der Waals surface area contributed by atoms with Gasteiger partial charge >= 0.3 is 0 Å². The molecule has 1 saturated heterocycles. The van der Waals surface area contributed by atoms with Crippen LogP contribution >= 0.6 is 11.3 Å². The molecular formula is C21H24N4O4S. The molecule has 2 aromatic rings. The summed E-state index contributed by atoms with van der Waals surface area (Å²) in [5.74, 6) is -0.120. The first-order chi connectivity index (χ1) is 14.3. The van der Waals surface area contributed by atoms with Gasteiger partial charge in [-0.1, -0.05) is 12.1 Å². The fourth-order valence-corrected chi connectivity index (χ4v) is 4.59. The average Bonchev–Trinajstić information content (AvgIpc) is 2.94. The van der Waals surface area contributed by atoms with Gasteiger partial charge in [0.05, 0.1) is 11.3 Å². The number of nitrogens with zero attached hydrogens (tertiary/aromatic N) is 2. The van der Waals surface area contributed by atoms with Crippen LogP contribution in [0.15, 0.2) is 24.3 Å². The largest absolute Gasteiger partial charge is 0.467 e. The summed E-state index contributed by atoms with van der Waals surface area (Å²) in [6.45, 7) is 5.83. The summed E-state index contributed by atoms with van der Waals surface area (Å²) in [4.78, 5) is 45.0. The molecule has 0 aliphatic carbocycles. The van der Waals surface area contributed by atoms with Crippen LogP contribution in [0.4, 0.5) is 5.13 Å². The molecule has 9 heteroatoms. The van der Waals surface area contributed by atoms with E-state index < -0.39 is 11.8 Å². The van der Waals surface area contributed by atoms with Crippen LogP contribution in [0, 0.1) is 13.8 Å². The van der Waals surface area contributed by atoms with E-state index in [1.807, 2.05) is 19.9 Å². The first kappa shape index (κ1) is 20.3. The van der Waals surface area contributed by atoms with Gasteiger partial charge in [0.2, 0.25) is 11.8 Å². The molecule has 1 fully saturated rings. The summed E-state index contributed by atoms with van der Waals surface area (Å²) in [5.41, 5.74) is 0.411. The number of anilines is 1. The number of likely N-dealkylation sites (tertiary alicyclic amines) is 1. The average molecular weight is 429 g/mol. The van der Waals surface area contributed by atoms with E-state index in [2.05, 4.69) is 15.6 Å². The highest BCUT2D eigenvalue weighted by atomic mass is 32.1. The third-order valence-electron chi connectivity index (χ3n) is 5.70. The Bertz CT molecular complexity index is 1000. The fourth-order valence-electron chi connectivity index (χ4n) is 3.77. The zero-order valence-corrected chi connectivity index (χ0v) is 18.0. The van der Waals surface area contributed by atoms with Gasteiger partial charge in [-0.3, -0.25) is 14.4 Å². The molecule has 2 aliphatic rings. The molecule has 1 aromatic heterocycles. The van der Waals surface area contributed by atoms with E-state index in [-0.39, 0.29) is 24.1 Å². The van der Waals surface area contributed by atoms with Crippen molar-refractivity contribution in [3.05, 3.63) is 40.4 Å². The zero-order chi connectivity index (χ0) is 21.5. The molecule has 3 heterocycles. The predicted molar refractivity (Wildman–Crippen MR) is 113 cm³/mol. The third kappa shape index (κ3) is 3.77. The van der Waals surface area contributed by atoms with Gasteiger partial charge in [-0.25, -0.2) is 4.98 Å². The van der Waals surface area contributed by atoms with E-state index in [1.165, 1.54) is 11.3 Å². The highest BCUT2D eigenvalue weighted by Gasteiger charge is 2.43. The Hall–Kier alpha value is -2.94. The van der Waals surface area contributed by atoms with Crippen molar-refractivity contribution in [3.8, 4) is 5.75 Å². The van der Waals surface area contributed by atoms with Crippen molar-refractivity contribution in [2.45, 2.75) is 51.8 Å². The number of fused-ring (bicyclic) bond motifs is 1. The molecule has 1 aromatic carbocycles. The van der Waals surface area contributed by atoms with Crippen molar-refractivity contribution in [3.63, 3.8) is 0 Å². The smallest absolute Gasteiger partial charge is 0.258 e. The lowest BCUT2D eigenvalue weighted by molar-refractivity contribution is -0.137. The second-order valence-corrected chi connectivity index (χ2v) is 8.91. The van der Waals surface area contributed by atoms with Crippen molar-refractivity contribution in [2.75, 3.05) is 11.9 Å². The van der Waals surface area contributed by atoms with Gasteiger partial charge in [0.1, 0.15) is 11.8 Å². The molecular weight excluding hydrogens is 404 g/mol. The lowest BCUT2D eigenvalue weighted by Gasteiger charge is -2.38. The molecule has 2 aliphatic heterocycles. The number of rotatable bonds is 3. The monoisotopic (exact) mass is 428 g/mol. The maximum atomic E-state index is 12.8. The maximum absolute atomic E-state index is 12.8. The summed E-state index contributed by atoms with van der Waals surface area (Å²) < 4.78 is 6.14. The zero-order valence-electron chi connectivity index (χ0n) is 17.2. The fraction of sp³-hybridized carbons (Fsp3) is 0.429. The number of thiazole rings is 1. The Morgan fingerprint density at radius 2 is 2.07 bits per heavy atom. The summed E-state index contributed by atoms with van der Waals surface area (Å²) >= 11 is 1.41. The Labute approximate surface area is 178 Å². The van der Waals surface area contributed by atoms with Gasteiger partial charge in [0, 0.05) is 30.7 Å². The van der Waals surface area contributed by atoms with Crippen LogP contribution in [0.2, 0.25) is 0 Å². The Balaban J connectivity index is 1.47. The van der Waals surface area contributed by atoms with Crippen molar-refractivity contribution in [1.29, 1.82) is 0 Å². The number of carbonyl (C=O) groups is 3. The Morgan fingerprint density at radius 1 is 1.30 bits per heavy atom. The molecule has 0 radical (unpaired) electrons. The first-order valence-corrected chi connectivity index (χ1v) is 10.7. The molecule has 1 spiro atoms. The van der Waals surface area contributed by atoms with Crippen molar-refractivity contribution in [2.24, 2.45) is 0 Å². The van der Waals surface area contributed by atoms with Gasteiger partial charge in [0.25, 0.3) is 5.91 Å². The van der Waals surface area contributed by atoms with Crippen LogP contribution in [-0.4, -0.2) is 45.9 Å². The molecule has 158 valence electrons. The van der Waals surface area contributed by atoms with Gasteiger partial charge in [-0.05, 0) is 32.9 Å². The van der Waals surface area contributed by atoms with Gasteiger partial charge < -0.3 is 20.3 Å². The minimum absolute atomic E-state index is 0.141. The number of amides is 3. The Morgan fingerprint density at radius 3 is 2.80 bits per heavy atom. The van der Waals surface area contributed by atoms with Crippen LogP contribution < -0.4 is 15.4 Å². The number of para-hydroxylation sites is 1. The minimum Gasteiger partial charge on any atom is -0.467 e. The summed E-state index contributed by atoms with van der Waals surface area (Å²) in [6, 6.07) is 6.40. The van der Waals surface area contributed by atoms with Crippen molar-refractivity contribution < 1.29 is 19.1 Å². The second-order valence-electron chi connectivity index (χ2n) is 7.71. The standard InChI is InChI=1S/C21H24N4O4S/c1-12-14(3)30-20(22-12)23-18(27)13(2)25-11-10-21(9-8-17(25)26)24-19(28)15-6-4-5-7-16(15)29-21/h4-7,13H,8-11H2,1-3H3,(H,24,28)(H,22,23,27)/t13-,21-/m1/s1. The minimum atomic E-state index is -0.949. The SMILES string of the molecule is Cc1nc(NC(=O)[C@@H](C)N2CC[C@]3(CCC2=O)NC(=O)c2ccccc2O3)sc1C. The first-order valence-electron chi connectivity index (χ1n) is 9.93. The highest BCUT2D eigenvalue weighted by molar-refractivity contribution is 7.15. The quantitative estimate of drug-likeness (QED) is 0.783. The third-order valence-corrected chi connectivity index (χ3v) is 6.69.